The van der Waals surface area contributed by atoms with Crippen LogP contribution in [-0.4, -0.2) is 5.78 Å². The number of carbonyl (C=O) groups excluding carboxylic acids is 1. The van der Waals surface area contributed by atoms with Gasteiger partial charge in [-0.1, -0.05) is 46.3 Å². The predicted octanol–water partition coefficient (Wildman–Crippen LogP) is 4.32. The third-order valence-corrected chi connectivity index (χ3v) is 3.60. The lowest BCUT2D eigenvalue weighted by atomic mass is 9.93. The van der Waals surface area contributed by atoms with E-state index in [4.69, 9.17) is 5.26 Å². The first-order valence-corrected chi connectivity index (χ1v) is 6.99. The lowest BCUT2D eigenvalue weighted by Gasteiger charge is -2.10. The Morgan fingerprint density at radius 3 is 2.58 bits per heavy atom. The van der Waals surface area contributed by atoms with Crippen molar-refractivity contribution in [3.05, 3.63) is 59.2 Å². The number of Topliss-reactive ketones (excluding diaryl/α,β-unsaturated/α-hetero) is 1. The lowest BCUT2D eigenvalue weighted by molar-refractivity contribution is 0.101. The first kappa shape index (κ1) is 13.5. The summed E-state index contributed by atoms with van der Waals surface area (Å²) in [6.45, 7) is 1.55. The SMILES string of the molecule is CC(=O)c1cc(CBr)ccc1-c1ccccc1C#N. The number of benzene rings is 2. The Labute approximate surface area is 120 Å². The molecule has 2 rings (SSSR count). The topological polar surface area (TPSA) is 40.9 Å². The van der Waals surface area contributed by atoms with Crippen molar-refractivity contribution in [3.63, 3.8) is 0 Å². The van der Waals surface area contributed by atoms with Gasteiger partial charge in [-0.3, -0.25) is 4.79 Å². The summed E-state index contributed by atoms with van der Waals surface area (Å²) in [6, 6.07) is 15.2. The van der Waals surface area contributed by atoms with Crippen molar-refractivity contribution in [1.29, 1.82) is 5.26 Å². The van der Waals surface area contributed by atoms with Crippen LogP contribution in [0.15, 0.2) is 42.5 Å². The molecule has 0 saturated heterocycles. The minimum atomic E-state index is 0.00513. The second kappa shape index (κ2) is 5.81. The maximum absolute atomic E-state index is 11.8. The Hall–Kier alpha value is -1.92. The Kier molecular flexibility index (Phi) is 4.13. The fourth-order valence-electron chi connectivity index (χ4n) is 2.02. The number of hydrogen-bond donors (Lipinski definition) is 0. The van der Waals surface area contributed by atoms with E-state index in [1.807, 2.05) is 36.4 Å². The van der Waals surface area contributed by atoms with Crippen molar-refractivity contribution < 1.29 is 4.79 Å². The quantitative estimate of drug-likeness (QED) is 0.625. The normalized spacial score (nSPS) is 9.95. The number of rotatable bonds is 3. The molecule has 0 amide bonds. The van der Waals surface area contributed by atoms with E-state index >= 15 is 0 Å². The molecule has 0 fully saturated rings. The van der Waals surface area contributed by atoms with Gasteiger partial charge in [0.2, 0.25) is 0 Å². The minimum Gasteiger partial charge on any atom is -0.294 e. The summed E-state index contributed by atoms with van der Waals surface area (Å²) >= 11 is 3.39. The van der Waals surface area contributed by atoms with Crippen molar-refractivity contribution in [2.75, 3.05) is 0 Å². The van der Waals surface area contributed by atoms with Gasteiger partial charge in [-0.2, -0.15) is 5.26 Å². The van der Waals surface area contributed by atoms with Gasteiger partial charge in [0.15, 0.2) is 5.78 Å². The van der Waals surface area contributed by atoms with Crippen LogP contribution in [-0.2, 0) is 5.33 Å². The van der Waals surface area contributed by atoms with E-state index in [2.05, 4.69) is 22.0 Å². The highest BCUT2D eigenvalue weighted by Gasteiger charge is 2.12. The highest BCUT2D eigenvalue weighted by molar-refractivity contribution is 9.08. The Balaban J connectivity index is 2.69. The standard InChI is InChI=1S/C16H12BrNO/c1-11(19)16-8-12(9-17)6-7-15(16)14-5-3-2-4-13(14)10-18/h2-8H,9H2,1H3. The van der Waals surface area contributed by atoms with Crippen LogP contribution in [0.25, 0.3) is 11.1 Å². The molecule has 0 aliphatic heterocycles. The van der Waals surface area contributed by atoms with Gasteiger partial charge < -0.3 is 0 Å². The van der Waals surface area contributed by atoms with E-state index in [0.717, 1.165) is 16.7 Å². The Morgan fingerprint density at radius 2 is 1.95 bits per heavy atom. The molecular formula is C16H12BrNO. The number of halogens is 1. The molecular weight excluding hydrogens is 302 g/mol. The third kappa shape index (κ3) is 2.74. The van der Waals surface area contributed by atoms with Crippen LogP contribution in [0.2, 0.25) is 0 Å². The summed E-state index contributed by atoms with van der Waals surface area (Å²) in [5, 5.41) is 9.87. The molecule has 94 valence electrons. The minimum absolute atomic E-state index is 0.00513. The van der Waals surface area contributed by atoms with Crippen LogP contribution in [0.5, 0.6) is 0 Å². The van der Waals surface area contributed by atoms with Gasteiger partial charge in [-0.25, -0.2) is 0 Å². The van der Waals surface area contributed by atoms with Crippen molar-refractivity contribution in [1.82, 2.24) is 0 Å². The van der Waals surface area contributed by atoms with Crippen LogP contribution < -0.4 is 0 Å². The maximum atomic E-state index is 11.8. The van der Waals surface area contributed by atoms with E-state index in [9.17, 15) is 4.79 Å². The van der Waals surface area contributed by atoms with Crippen molar-refractivity contribution >= 4 is 21.7 Å². The second-order valence-corrected chi connectivity index (χ2v) is 4.79. The molecule has 0 saturated carbocycles. The smallest absolute Gasteiger partial charge is 0.160 e. The number of alkyl halides is 1. The van der Waals surface area contributed by atoms with Crippen LogP contribution in [0.3, 0.4) is 0 Å². The molecule has 0 unspecified atom stereocenters. The largest absolute Gasteiger partial charge is 0.294 e. The number of carbonyl (C=O) groups is 1. The molecule has 2 aromatic carbocycles. The zero-order chi connectivity index (χ0) is 13.8. The van der Waals surface area contributed by atoms with Crippen LogP contribution in [0.4, 0.5) is 0 Å². The molecule has 3 heteroatoms. The summed E-state index contributed by atoms with van der Waals surface area (Å²) in [5.74, 6) is 0.00513. The molecule has 19 heavy (non-hydrogen) atoms. The van der Waals surface area contributed by atoms with Gasteiger partial charge in [0, 0.05) is 16.5 Å². The average Bonchev–Trinajstić information content (AvgIpc) is 2.46. The van der Waals surface area contributed by atoms with Crippen molar-refractivity contribution in [3.8, 4) is 17.2 Å². The van der Waals surface area contributed by atoms with Gasteiger partial charge in [-0.15, -0.1) is 0 Å². The van der Waals surface area contributed by atoms with Crippen LogP contribution >= 0.6 is 15.9 Å². The molecule has 0 radical (unpaired) electrons. The van der Waals surface area contributed by atoms with Gasteiger partial charge in [0.25, 0.3) is 0 Å². The van der Waals surface area contributed by atoms with E-state index in [0.29, 0.717) is 16.5 Å². The van der Waals surface area contributed by atoms with Gasteiger partial charge in [0.05, 0.1) is 11.6 Å². The molecule has 0 spiro atoms. The predicted molar refractivity (Wildman–Crippen MR) is 79.2 cm³/mol. The molecule has 2 aromatic rings. The van der Waals surface area contributed by atoms with Crippen LogP contribution in [0, 0.1) is 11.3 Å². The maximum Gasteiger partial charge on any atom is 0.160 e. The molecule has 0 bridgehead atoms. The first-order chi connectivity index (χ1) is 9.17. The van der Waals surface area contributed by atoms with Gasteiger partial charge >= 0.3 is 0 Å². The van der Waals surface area contributed by atoms with Crippen molar-refractivity contribution in [2.24, 2.45) is 0 Å². The zero-order valence-corrected chi connectivity index (χ0v) is 12.1. The summed E-state index contributed by atoms with van der Waals surface area (Å²) in [6.07, 6.45) is 0. The summed E-state index contributed by atoms with van der Waals surface area (Å²) < 4.78 is 0. The molecule has 0 heterocycles. The highest BCUT2D eigenvalue weighted by atomic mass is 79.9. The highest BCUT2D eigenvalue weighted by Crippen LogP contribution is 2.28. The molecule has 0 atom stereocenters. The lowest BCUT2D eigenvalue weighted by Crippen LogP contribution is -1.98. The third-order valence-electron chi connectivity index (χ3n) is 2.96. The number of ketones is 1. The molecule has 0 aliphatic rings. The van der Waals surface area contributed by atoms with Gasteiger partial charge in [-0.05, 0) is 30.2 Å². The molecule has 0 aliphatic carbocycles. The van der Waals surface area contributed by atoms with E-state index in [-0.39, 0.29) is 5.78 Å². The average molecular weight is 314 g/mol. The van der Waals surface area contributed by atoms with E-state index in [1.54, 1.807) is 13.0 Å². The summed E-state index contributed by atoms with van der Waals surface area (Å²) in [7, 11) is 0. The fraction of sp³-hybridized carbons (Fsp3) is 0.125. The van der Waals surface area contributed by atoms with E-state index in [1.165, 1.54) is 0 Å². The Morgan fingerprint density at radius 1 is 1.21 bits per heavy atom. The van der Waals surface area contributed by atoms with Gasteiger partial charge in [0.1, 0.15) is 0 Å². The number of hydrogen-bond acceptors (Lipinski definition) is 2. The second-order valence-electron chi connectivity index (χ2n) is 4.23. The fourth-order valence-corrected chi connectivity index (χ4v) is 2.36. The van der Waals surface area contributed by atoms with Crippen LogP contribution in [0.1, 0.15) is 28.4 Å². The first-order valence-electron chi connectivity index (χ1n) is 5.86. The van der Waals surface area contributed by atoms with E-state index < -0.39 is 0 Å². The molecule has 2 nitrogen and oxygen atoms in total. The number of nitrogens with zero attached hydrogens (tertiary/aromatic N) is 1. The zero-order valence-electron chi connectivity index (χ0n) is 10.5. The monoisotopic (exact) mass is 313 g/mol. The molecule has 0 N–H and O–H groups in total. The van der Waals surface area contributed by atoms with Crippen molar-refractivity contribution in [2.45, 2.75) is 12.3 Å². The summed E-state index contributed by atoms with van der Waals surface area (Å²) in [5.41, 5.74) is 3.89. The molecule has 0 aromatic heterocycles. The summed E-state index contributed by atoms with van der Waals surface area (Å²) in [4.78, 5) is 11.8. The number of nitriles is 1. The Bertz CT molecular complexity index is 671.